The van der Waals surface area contributed by atoms with Gasteiger partial charge in [-0.25, -0.2) is 4.79 Å². The molecule has 3 aliphatic carbocycles. The Kier molecular flexibility index (Phi) is 5.42. The van der Waals surface area contributed by atoms with Crippen molar-refractivity contribution in [3.05, 3.63) is 111 Å². The zero-order chi connectivity index (χ0) is 27.0. The van der Waals surface area contributed by atoms with E-state index in [2.05, 4.69) is 0 Å². The van der Waals surface area contributed by atoms with Crippen LogP contribution in [0.15, 0.2) is 72.8 Å². The van der Waals surface area contributed by atoms with E-state index in [1.54, 1.807) is 6.07 Å². The van der Waals surface area contributed by atoms with Gasteiger partial charge in [-0.15, -0.1) is 23.2 Å². The summed E-state index contributed by atoms with van der Waals surface area (Å²) in [6, 6.07) is 19.1. The Morgan fingerprint density at radius 3 is 1.76 bits per heavy atom. The highest BCUT2D eigenvalue weighted by atomic mass is 35.5. The number of ether oxygens (including phenoxy) is 1. The molecule has 10 heteroatoms. The second-order valence-corrected chi connectivity index (χ2v) is 10.9. The number of amides is 2. The molecule has 1 fully saturated rings. The first kappa shape index (κ1) is 24.6. The lowest BCUT2D eigenvalue weighted by Gasteiger charge is -2.54. The highest BCUT2D eigenvalue weighted by Gasteiger charge is 2.73. The van der Waals surface area contributed by atoms with Gasteiger partial charge in [-0.2, -0.15) is 0 Å². The van der Waals surface area contributed by atoms with Crippen LogP contribution in [0.4, 0.5) is 5.69 Å². The van der Waals surface area contributed by atoms with Crippen molar-refractivity contribution in [2.24, 2.45) is 11.8 Å². The van der Waals surface area contributed by atoms with Gasteiger partial charge in [0, 0.05) is 6.07 Å². The van der Waals surface area contributed by atoms with Crippen LogP contribution in [0.5, 0.6) is 0 Å². The molecule has 2 amide bonds. The minimum absolute atomic E-state index is 0.189. The minimum atomic E-state index is -1.36. The van der Waals surface area contributed by atoms with Gasteiger partial charge in [0.25, 0.3) is 5.69 Å². The number of esters is 1. The lowest BCUT2D eigenvalue weighted by atomic mass is 9.54. The van der Waals surface area contributed by atoms with Crippen LogP contribution in [0.1, 0.15) is 34.7 Å². The van der Waals surface area contributed by atoms with Gasteiger partial charge < -0.3 is 4.74 Å². The molecule has 4 aliphatic rings. The molecule has 0 saturated carbocycles. The third-order valence-corrected chi connectivity index (χ3v) is 9.19. The number of alkyl halides is 2. The average Bonchev–Trinajstić information content (AvgIpc) is 3.20. The molecule has 2 bridgehead atoms. The molecule has 7 rings (SSSR count). The predicted molar refractivity (Wildman–Crippen MR) is 137 cm³/mol. The number of imide groups is 1. The van der Waals surface area contributed by atoms with Crippen LogP contribution in [0.2, 0.25) is 0 Å². The number of benzene rings is 3. The fourth-order valence-corrected chi connectivity index (χ4v) is 7.35. The van der Waals surface area contributed by atoms with Gasteiger partial charge in [0.2, 0.25) is 11.8 Å². The van der Waals surface area contributed by atoms with Gasteiger partial charge in [-0.3, -0.25) is 24.6 Å². The van der Waals surface area contributed by atoms with Gasteiger partial charge >= 0.3 is 5.97 Å². The van der Waals surface area contributed by atoms with E-state index in [0.29, 0.717) is 22.3 Å². The first-order chi connectivity index (χ1) is 18.1. The van der Waals surface area contributed by atoms with E-state index in [9.17, 15) is 24.5 Å². The first-order valence-corrected chi connectivity index (χ1v) is 12.7. The van der Waals surface area contributed by atoms with Crippen molar-refractivity contribution in [2.45, 2.75) is 29.3 Å². The molecular formula is C28H20Cl2N2O6. The Morgan fingerprint density at radius 1 is 0.895 bits per heavy atom. The first-order valence-electron chi connectivity index (χ1n) is 12.0. The number of hydrogen-bond acceptors (Lipinski definition) is 6. The van der Waals surface area contributed by atoms with Gasteiger partial charge in [0.15, 0.2) is 0 Å². The average molecular weight is 551 g/mol. The van der Waals surface area contributed by atoms with Crippen molar-refractivity contribution >= 4 is 46.7 Å². The molecule has 3 aromatic rings. The topological polar surface area (TPSA) is 107 Å². The van der Waals surface area contributed by atoms with Gasteiger partial charge in [-0.1, -0.05) is 60.7 Å². The quantitative estimate of drug-likeness (QED) is 0.151. The maximum atomic E-state index is 13.9. The van der Waals surface area contributed by atoms with E-state index in [1.165, 1.54) is 25.1 Å². The van der Waals surface area contributed by atoms with Crippen LogP contribution in [0.25, 0.3) is 0 Å². The summed E-state index contributed by atoms with van der Waals surface area (Å²) in [7, 11) is 0. The van der Waals surface area contributed by atoms with Crippen molar-refractivity contribution in [3.8, 4) is 0 Å². The van der Waals surface area contributed by atoms with Crippen molar-refractivity contribution in [2.75, 3.05) is 0 Å². The fourth-order valence-electron chi connectivity index (χ4n) is 6.26. The van der Waals surface area contributed by atoms with Crippen LogP contribution in [0, 0.1) is 22.0 Å². The summed E-state index contributed by atoms with van der Waals surface area (Å²) < 4.78 is 5.33. The largest absolute Gasteiger partial charge is 0.459 e. The van der Waals surface area contributed by atoms with E-state index in [1.807, 2.05) is 48.5 Å². The van der Waals surface area contributed by atoms with Crippen molar-refractivity contribution < 1.29 is 24.0 Å². The molecule has 1 saturated heterocycles. The van der Waals surface area contributed by atoms with Crippen LogP contribution < -0.4 is 0 Å². The number of carbonyl (C=O) groups is 3. The maximum Gasteiger partial charge on any atom is 0.329 e. The number of nitro benzene ring substituents is 1. The van der Waals surface area contributed by atoms with Gasteiger partial charge in [0.05, 0.1) is 22.3 Å². The number of halogens is 2. The summed E-state index contributed by atoms with van der Waals surface area (Å²) >= 11 is 14.8. The van der Waals surface area contributed by atoms with Crippen molar-refractivity contribution in [3.63, 3.8) is 0 Å². The Balaban J connectivity index is 1.37. The molecular weight excluding hydrogens is 531 g/mol. The van der Waals surface area contributed by atoms with Crippen LogP contribution in [-0.4, -0.2) is 33.6 Å². The molecule has 0 radical (unpaired) electrons. The predicted octanol–water partition coefficient (Wildman–Crippen LogP) is 4.62. The normalized spacial score (nSPS) is 27.4. The molecule has 192 valence electrons. The number of hydrogen-bond donors (Lipinski definition) is 0. The Morgan fingerprint density at radius 2 is 1.32 bits per heavy atom. The molecule has 1 aliphatic heterocycles. The highest BCUT2D eigenvalue weighted by molar-refractivity contribution is 6.36. The third-order valence-electron chi connectivity index (χ3n) is 7.91. The molecule has 38 heavy (non-hydrogen) atoms. The number of nitro groups is 1. The van der Waals surface area contributed by atoms with Crippen molar-refractivity contribution in [1.29, 1.82) is 0 Å². The summed E-state index contributed by atoms with van der Waals surface area (Å²) in [4.78, 5) is 49.8. The highest BCUT2D eigenvalue weighted by Crippen LogP contribution is 2.69. The summed E-state index contributed by atoms with van der Waals surface area (Å²) in [5.41, 5.74) is 2.62. The van der Waals surface area contributed by atoms with Crippen LogP contribution in [-0.2, 0) is 35.5 Å². The molecule has 0 unspecified atom stereocenters. The fraction of sp³-hybridized carbons (Fsp3) is 0.250. The molecule has 8 nitrogen and oxygen atoms in total. The number of likely N-dealkylation sites (tertiary alicyclic amines) is 1. The Labute approximate surface area is 227 Å². The molecule has 0 spiro atoms. The standard InChI is InChI=1S/C28H20Cl2N2O6/c1-15(26(35)38-14-16-8-2-7-13-21(16)32(36)37)31-24(33)22-23(25(31)34)28(30)18-10-4-3-9-17(18)27(22,29)19-11-5-6-12-20(19)28/h2-13,15,22-23H,14H2,1H3/t15-,22-,23-,27?,28?/m1/s1. The third kappa shape index (κ3) is 3.01. The van der Waals surface area contributed by atoms with Crippen molar-refractivity contribution in [1.82, 2.24) is 4.90 Å². The second-order valence-electron chi connectivity index (χ2n) is 9.69. The second kappa shape index (κ2) is 8.38. The van der Waals surface area contributed by atoms with E-state index in [4.69, 9.17) is 27.9 Å². The Bertz CT molecular complexity index is 1430. The zero-order valence-electron chi connectivity index (χ0n) is 20.0. The summed E-state index contributed by atoms with van der Waals surface area (Å²) in [5.74, 6) is -4.18. The smallest absolute Gasteiger partial charge is 0.329 e. The minimum Gasteiger partial charge on any atom is -0.459 e. The Hall–Kier alpha value is -3.75. The molecule has 3 aromatic carbocycles. The van der Waals surface area contributed by atoms with Gasteiger partial charge in [0.1, 0.15) is 22.4 Å². The summed E-state index contributed by atoms with van der Waals surface area (Å²) in [6.45, 7) is 0.998. The zero-order valence-corrected chi connectivity index (χ0v) is 21.5. The molecule has 3 atom stereocenters. The number of carbonyl (C=O) groups excluding carboxylic acids is 3. The summed E-state index contributed by atoms with van der Waals surface area (Å²) in [6.07, 6.45) is 0. The number of rotatable bonds is 5. The van der Waals surface area contributed by atoms with E-state index < -0.39 is 50.3 Å². The molecule has 1 heterocycles. The van der Waals surface area contributed by atoms with Crippen LogP contribution in [0.3, 0.4) is 0 Å². The number of nitrogens with zero attached hydrogens (tertiary/aromatic N) is 2. The summed E-state index contributed by atoms with van der Waals surface area (Å²) in [5, 5.41) is 11.3. The van der Waals surface area contributed by atoms with E-state index in [-0.39, 0.29) is 17.9 Å². The monoisotopic (exact) mass is 550 g/mol. The SMILES string of the molecule is C[C@H](C(=O)OCc1ccccc1[N+](=O)[O-])N1C(=O)[C@H]2[C@H](C1=O)C1(Cl)c3ccccc3C2(Cl)c2ccccc21. The number of para-hydroxylation sites is 1. The lowest BCUT2D eigenvalue weighted by molar-refractivity contribution is -0.385. The molecule has 0 N–H and O–H groups in total. The van der Waals surface area contributed by atoms with Crippen LogP contribution >= 0.6 is 23.2 Å². The van der Waals surface area contributed by atoms with E-state index in [0.717, 1.165) is 4.90 Å². The van der Waals surface area contributed by atoms with Gasteiger partial charge in [-0.05, 0) is 35.2 Å². The van der Waals surface area contributed by atoms with E-state index >= 15 is 0 Å². The maximum absolute atomic E-state index is 13.9. The lowest BCUT2D eigenvalue weighted by Crippen LogP contribution is -2.57. The molecule has 0 aromatic heterocycles.